The number of carbonyl (C=O) groups is 2. The quantitative estimate of drug-likeness (QED) is 0.328. The molecule has 2 atom stereocenters. The summed E-state index contributed by atoms with van der Waals surface area (Å²) in [7, 11) is 0. The van der Waals surface area contributed by atoms with E-state index < -0.39 is 12.1 Å². The van der Waals surface area contributed by atoms with E-state index in [9.17, 15) is 9.59 Å². The van der Waals surface area contributed by atoms with Gasteiger partial charge in [0, 0.05) is 0 Å². The molecule has 2 fully saturated rings. The highest BCUT2D eigenvalue weighted by atomic mass is 16.7. The third-order valence-electron chi connectivity index (χ3n) is 1.54. The molecule has 0 spiro atoms. The summed E-state index contributed by atoms with van der Waals surface area (Å²) in [5, 5.41) is 0. The lowest BCUT2D eigenvalue weighted by Gasteiger charge is -1.87. The Labute approximate surface area is 79.8 Å². The smallest absolute Gasteiger partial charge is 0.262 e. The predicted molar refractivity (Wildman–Crippen MR) is 44.1 cm³/mol. The van der Waals surface area contributed by atoms with Crippen molar-refractivity contribution in [3.05, 3.63) is 0 Å². The summed E-state index contributed by atoms with van der Waals surface area (Å²) in [6.07, 6.45) is 0. The predicted octanol–water partition coefficient (Wildman–Crippen LogP) is -3.25. The van der Waals surface area contributed by atoms with Crippen molar-refractivity contribution in [1.29, 1.82) is 0 Å². The van der Waals surface area contributed by atoms with Crippen molar-refractivity contribution in [1.82, 2.24) is 11.0 Å². The Balaban J connectivity index is 0.000000140. The maximum absolute atomic E-state index is 10.2. The van der Waals surface area contributed by atoms with E-state index >= 15 is 0 Å². The fourth-order valence-corrected chi connectivity index (χ4v) is 0.708. The number of nitrogens with one attached hydrogen (secondary N) is 2. The van der Waals surface area contributed by atoms with Gasteiger partial charge in [-0.05, 0) is 0 Å². The highest BCUT2D eigenvalue weighted by Gasteiger charge is 2.20. The molecule has 2 amide bonds. The molecule has 14 heavy (non-hydrogen) atoms. The van der Waals surface area contributed by atoms with Crippen LogP contribution in [0.15, 0.2) is 0 Å². The van der Waals surface area contributed by atoms with Gasteiger partial charge >= 0.3 is 0 Å². The largest absolute Gasteiger partial charge is 0.318 e. The number of hydrogen-bond donors (Lipinski definition) is 4. The van der Waals surface area contributed by atoms with Crippen molar-refractivity contribution < 1.29 is 19.3 Å². The maximum atomic E-state index is 10.2. The van der Waals surface area contributed by atoms with E-state index in [2.05, 4.69) is 20.6 Å². The number of hydroxylamine groups is 2. The van der Waals surface area contributed by atoms with Crippen LogP contribution in [0.4, 0.5) is 0 Å². The van der Waals surface area contributed by atoms with Crippen LogP contribution in [-0.4, -0.2) is 37.1 Å². The van der Waals surface area contributed by atoms with Gasteiger partial charge in [-0.2, -0.15) is 0 Å². The Morgan fingerprint density at radius 3 is 1.43 bits per heavy atom. The SMILES string of the molecule is N[C@@H]1CONC1=O.N[C@H]1CONC1=O. The van der Waals surface area contributed by atoms with E-state index in [1.54, 1.807) is 0 Å². The number of nitrogens with two attached hydrogens (primary N) is 2. The number of hydrogen-bond acceptors (Lipinski definition) is 6. The van der Waals surface area contributed by atoms with E-state index in [4.69, 9.17) is 11.5 Å². The minimum atomic E-state index is -0.458. The van der Waals surface area contributed by atoms with E-state index in [-0.39, 0.29) is 11.8 Å². The number of carbonyl (C=O) groups excluding carboxylic acids is 2. The fourth-order valence-electron chi connectivity index (χ4n) is 0.708. The van der Waals surface area contributed by atoms with Gasteiger partial charge in [0.05, 0.1) is 13.2 Å². The molecule has 6 N–H and O–H groups in total. The minimum Gasteiger partial charge on any atom is -0.318 e. The Hall–Kier alpha value is -1.22. The molecule has 0 aromatic rings. The van der Waals surface area contributed by atoms with Crippen molar-refractivity contribution >= 4 is 11.8 Å². The third kappa shape index (κ3) is 2.92. The lowest BCUT2D eigenvalue weighted by molar-refractivity contribution is -0.125. The van der Waals surface area contributed by atoms with Crippen LogP contribution in [0.2, 0.25) is 0 Å². The molecule has 0 radical (unpaired) electrons. The van der Waals surface area contributed by atoms with Crippen LogP contribution < -0.4 is 22.4 Å². The molecule has 0 aromatic heterocycles. The van der Waals surface area contributed by atoms with Gasteiger partial charge in [0.1, 0.15) is 12.1 Å². The molecular formula is C6H12N4O4. The van der Waals surface area contributed by atoms with E-state index in [0.29, 0.717) is 13.2 Å². The van der Waals surface area contributed by atoms with Crippen LogP contribution >= 0.6 is 0 Å². The number of rotatable bonds is 0. The molecule has 8 nitrogen and oxygen atoms in total. The fraction of sp³-hybridized carbons (Fsp3) is 0.667. The molecule has 0 bridgehead atoms. The molecule has 2 aliphatic rings. The summed E-state index contributed by atoms with van der Waals surface area (Å²) in [5.74, 6) is -0.472. The van der Waals surface area contributed by atoms with Crippen LogP contribution in [0.1, 0.15) is 0 Å². The number of amides is 2. The molecule has 0 unspecified atom stereocenters. The van der Waals surface area contributed by atoms with Gasteiger partial charge in [0.15, 0.2) is 0 Å². The molecular weight excluding hydrogens is 192 g/mol. The van der Waals surface area contributed by atoms with Crippen LogP contribution in [-0.2, 0) is 19.3 Å². The molecule has 8 heteroatoms. The Morgan fingerprint density at radius 2 is 1.36 bits per heavy atom. The monoisotopic (exact) mass is 204 g/mol. The minimum absolute atomic E-state index is 0.236. The molecule has 80 valence electrons. The standard InChI is InChI=1S/2C3H6N2O2/c2*4-2-1-7-5-3(2)6/h2*2H,1,4H2,(H,5,6)/t2*2-/m10/s1. The first-order chi connectivity index (χ1) is 6.61. The molecule has 0 saturated carbocycles. The van der Waals surface area contributed by atoms with Gasteiger partial charge in [-0.15, -0.1) is 0 Å². The second-order valence-electron chi connectivity index (χ2n) is 2.77. The van der Waals surface area contributed by atoms with Gasteiger partial charge < -0.3 is 11.5 Å². The summed E-state index contributed by atoms with van der Waals surface area (Å²) < 4.78 is 0. The molecule has 2 saturated heterocycles. The molecule has 2 aliphatic heterocycles. The van der Waals surface area contributed by atoms with Gasteiger partial charge in [-0.1, -0.05) is 0 Å². The molecule has 2 heterocycles. The topological polar surface area (TPSA) is 129 Å². The maximum Gasteiger partial charge on any atom is 0.262 e. The lowest BCUT2D eigenvalue weighted by atomic mass is 10.3. The van der Waals surface area contributed by atoms with Crippen molar-refractivity contribution in [2.45, 2.75) is 12.1 Å². The first kappa shape index (κ1) is 10.9. The summed E-state index contributed by atoms with van der Waals surface area (Å²) in [6, 6.07) is -0.917. The van der Waals surface area contributed by atoms with Crippen LogP contribution in [0, 0.1) is 0 Å². The Morgan fingerprint density at radius 1 is 1.00 bits per heavy atom. The van der Waals surface area contributed by atoms with Crippen molar-refractivity contribution in [2.75, 3.05) is 13.2 Å². The first-order valence-electron chi connectivity index (χ1n) is 3.95. The zero-order valence-electron chi connectivity index (χ0n) is 7.36. The van der Waals surface area contributed by atoms with Crippen LogP contribution in [0.25, 0.3) is 0 Å². The third-order valence-corrected chi connectivity index (χ3v) is 1.54. The van der Waals surface area contributed by atoms with Crippen LogP contribution in [0.5, 0.6) is 0 Å². The normalized spacial score (nSPS) is 30.4. The van der Waals surface area contributed by atoms with Gasteiger partial charge in [-0.3, -0.25) is 19.3 Å². The van der Waals surface area contributed by atoms with Crippen molar-refractivity contribution in [3.8, 4) is 0 Å². The molecule has 2 rings (SSSR count). The Bertz CT molecular complexity index is 210. The van der Waals surface area contributed by atoms with Crippen molar-refractivity contribution in [2.24, 2.45) is 11.5 Å². The summed E-state index contributed by atoms with van der Waals surface area (Å²) in [6.45, 7) is 0.581. The van der Waals surface area contributed by atoms with Gasteiger partial charge in [0.25, 0.3) is 11.8 Å². The van der Waals surface area contributed by atoms with Gasteiger partial charge in [-0.25, -0.2) is 11.0 Å². The molecule has 0 aliphatic carbocycles. The van der Waals surface area contributed by atoms with E-state index in [1.807, 2.05) is 0 Å². The average molecular weight is 204 g/mol. The molecule has 0 aromatic carbocycles. The van der Waals surface area contributed by atoms with Crippen LogP contribution in [0.3, 0.4) is 0 Å². The van der Waals surface area contributed by atoms with Crippen molar-refractivity contribution in [3.63, 3.8) is 0 Å². The average Bonchev–Trinajstić information content (AvgIpc) is 2.67. The zero-order valence-corrected chi connectivity index (χ0v) is 7.36. The highest BCUT2D eigenvalue weighted by molar-refractivity contribution is 5.82. The summed E-state index contributed by atoms with van der Waals surface area (Å²) >= 11 is 0. The van der Waals surface area contributed by atoms with E-state index in [1.165, 1.54) is 0 Å². The summed E-state index contributed by atoms with van der Waals surface area (Å²) in [4.78, 5) is 29.3. The zero-order chi connectivity index (χ0) is 10.6. The van der Waals surface area contributed by atoms with E-state index in [0.717, 1.165) is 0 Å². The second kappa shape index (κ2) is 4.86. The summed E-state index contributed by atoms with van der Waals surface area (Å²) in [5.41, 5.74) is 14.5. The lowest BCUT2D eigenvalue weighted by Crippen LogP contribution is -2.31. The van der Waals surface area contributed by atoms with Gasteiger partial charge in [0.2, 0.25) is 0 Å². The highest BCUT2D eigenvalue weighted by Crippen LogP contribution is 1.87. The first-order valence-corrected chi connectivity index (χ1v) is 3.95. The second-order valence-corrected chi connectivity index (χ2v) is 2.77. The Kier molecular flexibility index (Phi) is 3.77.